The van der Waals surface area contributed by atoms with Crippen molar-refractivity contribution < 1.29 is 8.81 Å². The summed E-state index contributed by atoms with van der Waals surface area (Å²) < 4.78 is 20.0. The Labute approximate surface area is 171 Å². The Kier molecular flexibility index (Phi) is 5.09. The third-order valence-electron chi connectivity index (χ3n) is 4.36. The number of halogens is 1. The van der Waals surface area contributed by atoms with Crippen molar-refractivity contribution in [3.63, 3.8) is 0 Å². The minimum atomic E-state index is -0.388. The van der Waals surface area contributed by atoms with Crippen LogP contribution in [0.4, 0.5) is 15.8 Å². The highest BCUT2D eigenvalue weighted by atomic mass is 32.1. The second-order valence-corrected chi connectivity index (χ2v) is 7.00. The minimum Gasteiger partial charge on any atom is -0.423 e. The van der Waals surface area contributed by atoms with Crippen molar-refractivity contribution in [2.75, 3.05) is 10.6 Å². The van der Waals surface area contributed by atoms with Gasteiger partial charge in [0, 0.05) is 29.4 Å². The molecule has 29 heavy (non-hydrogen) atoms. The van der Waals surface area contributed by atoms with Gasteiger partial charge >= 0.3 is 5.63 Å². The number of aromatic nitrogens is 2. The molecule has 4 rings (SSSR count). The maximum atomic E-state index is 13.0. The van der Waals surface area contributed by atoms with Crippen LogP contribution in [-0.2, 0) is 6.54 Å². The Hall–Kier alpha value is -3.52. The van der Waals surface area contributed by atoms with Gasteiger partial charge in [-0.05, 0) is 54.5 Å². The fourth-order valence-corrected chi connectivity index (χ4v) is 3.22. The summed E-state index contributed by atoms with van der Waals surface area (Å²) in [6.07, 6.45) is 3.46. The summed E-state index contributed by atoms with van der Waals surface area (Å²) in [5.74, 6) is -0.267. The predicted octanol–water partition coefficient (Wildman–Crippen LogP) is 4.29. The Morgan fingerprint density at radius 2 is 1.90 bits per heavy atom. The summed E-state index contributed by atoms with van der Waals surface area (Å²) in [5, 5.41) is 11.7. The first-order valence-corrected chi connectivity index (χ1v) is 9.26. The molecule has 146 valence electrons. The first-order valence-electron chi connectivity index (χ1n) is 8.86. The number of aryl methyl sites for hydroxylation is 1. The summed E-state index contributed by atoms with van der Waals surface area (Å²) in [6.45, 7) is 2.38. The number of nitrogens with zero attached hydrogens (tertiary/aromatic N) is 2. The maximum absolute atomic E-state index is 13.0. The first kappa shape index (κ1) is 18.8. The molecule has 2 heterocycles. The van der Waals surface area contributed by atoms with Gasteiger partial charge in [-0.1, -0.05) is 12.1 Å². The van der Waals surface area contributed by atoms with Crippen LogP contribution in [0.25, 0.3) is 11.0 Å². The van der Waals surface area contributed by atoms with Crippen LogP contribution in [0.1, 0.15) is 11.1 Å². The van der Waals surface area contributed by atoms with E-state index in [0.717, 1.165) is 16.5 Å². The Bertz CT molecular complexity index is 1250. The van der Waals surface area contributed by atoms with Gasteiger partial charge in [0.2, 0.25) is 0 Å². The summed E-state index contributed by atoms with van der Waals surface area (Å²) in [5.41, 5.74) is 3.32. The van der Waals surface area contributed by atoms with E-state index in [0.29, 0.717) is 28.6 Å². The van der Waals surface area contributed by atoms with Crippen molar-refractivity contribution in [3.8, 4) is 0 Å². The molecule has 0 radical (unpaired) electrons. The zero-order valence-electron chi connectivity index (χ0n) is 15.5. The highest BCUT2D eigenvalue weighted by molar-refractivity contribution is 7.80. The van der Waals surface area contributed by atoms with Gasteiger partial charge in [-0.2, -0.15) is 5.10 Å². The second kappa shape index (κ2) is 7.84. The third kappa shape index (κ3) is 4.49. The molecular weight excluding hydrogens is 391 g/mol. The summed E-state index contributed by atoms with van der Waals surface area (Å²) >= 11 is 5.35. The fourth-order valence-electron chi connectivity index (χ4n) is 2.99. The monoisotopic (exact) mass is 408 g/mol. The lowest BCUT2D eigenvalue weighted by molar-refractivity contribution is 0.560. The Morgan fingerprint density at radius 3 is 2.69 bits per heavy atom. The molecule has 0 aliphatic carbocycles. The molecule has 2 aromatic heterocycles. The molecule has 0 saturated heterocycles. The van der Waals surface area contributed by atoms with Gasteiger partial charge in [0.25, 0.3) is 0 Å². The van der Waals surface area contributed by atoms with Crippen LogP contribution in [0.2, 0.25) is 0 Å². The second-order valence-electron chi connectivity index (χ2n) is 6.59. The molecule has 2 N–H and O–H groups in total. The molecule has 0 amide bonds. The van der Waals surface area contributed by atoms with Crippen LogP contribution in [0, 0.1) is 12.7 Å². The molecule has 0 bridgehead atoms. The van der Waals surface area contributed by atoms with E-state index >= 15 is 0 Å². The fraction of sp³-hybridized carbons (Fsp3) is 0.0952. The number of anilines is 2. The smallest absolute Gasteiger partial charge is 0.336 e. The van der Waals surface area contributed by atoms with Crippen LogP contribution in [0.15, 0.2) is 70.1 Å². The van der Waals surface area contributed by atoms with Crippen molar-refractivity contribution in [2.45, 2.75) is 13.5 Å². The van der Waals surface area contributed by atoms with Crippen molar-refractivity contribution in [3.05, 3.63) is 88.3 Å². The molecule has 4 aromatic rings. The number of nitrogens with one attached hydrogen (secondary N) is 2. The average molecular weight is 408 g/mol. The maximum Gasteiger partial charge on any atom is 0.336 e. The number of rotatable bonds is 4. The molecule has 6 nitrogen and oxygen atoms in total. The van der Waals surface area contributed by atoms with E-state index in [1.165, 1.54) is 18.2 Å². The van der Waals surface area contributed by atoms with Gasteiger partial charge in [-0.25, -0.2) is 9.18 Å². The molecule has 0 spiro atoms. The van der Waals surface area contributed by atoms with E-state index in [-0.39, 0.29) is 11.4 Å². The summed E-state index contributed by atoms with van der Waals surface area (Å²) in [7, 11) is 0. The molecule has 0 saturated carbocycles. The van der Waals surface area contributed by atoms with Crippen molar-refractivity contribution >= 4 is 39.7 Å². The van der Waals surface area contributed by atoms with E-state index in [9.17, 15) is 9.18 Å². The van der Waals surface area contributed by atoms with Crippen molar-refractivity contribution in [1.29, 1.82) is 0 Å². The van der Waals surface area contributed by atoms with Gasteiger partial charge in [-0.3, -0.25) is 4.68 Å². The van der Waals surface area contributed by atoms with E-state index < -0.39 is 0 Å². The molecule has 2 aromatic carbocycles. The lowest BCUT2D eigenvalue weighted by Gasteiger charge is -2.10. The number of benzene rings is 2. The zero-order valence-corrected chi connectivity index (χ0v) is 16.3. The largest absolute Gasteiger partial charge is 0.423 e. The average Bonchev–Trinajstić information content (AvgIpc) is 3.09. The van der Waals surface area contributed by atoms with Gasteiger partial charge in [0.1, 0.15) is 11.4 Å². The molecule has 0 unspecified atom stereocenters. The highest BCUT2D eigenvalue weighted by Crippen LogP contribution is 2.21. The van der Waals surface area contributed by atoms with Crippen LogP contribution < -0.4 is 16.3 Å². The van der Waals surface area contributed by atoms with Gasteiger partial charge < -0.3 is 15.1 Å². The number of hydrogen-bond acceptors (Lipinski definition) is 4. The summed E-state index contributed by atoms with van der Waals surface area (Å²) in [4.78, 5) is 11.6. The van der Waals surface area contributed by atoms with Crippen molar-refractivity contribution in [1.82, 2.24) is 9.78 Å². The van der Waals surface area contributed by atoms with Crippen LogP contribution in [0.5, 0.6) is 0 Å². The molecule has 0 aliphatic rings. The Morgan fingerprint density at radius 1 is 1.14 bits per heavy atom. The molecule has 0 atom stereocenters. The number of fused-ring (bicyclic) bond motifs is 1. The molecule has 0 aliphatic heterocycles. The SMILES string of the molecule is Cc1cc(=O)oc2cc(NC(=S)Nc3cnn(Cc4ccc(F)cc4)c3)ccc12. The normalized spacial score (nSPS) is 10.8. The molecular formula is C21H17FN4O2S. The van der Waals surface area contributed by atoms with Gasteiger partial charge in [0.15, 0.2) is 5.11 Å². The molecule has 0 fully saturated rings. The topological polar surface area (TPSA) is 72.1 Å². The number of hydrogen-bond donors (Lipinski definition) is 2. The van der Waals surface area contributed by atoms with Gasteiger partial charge in [0.05, 0.1) is 18.4 Å². The van der Waals surface area contributed by atoms with Crippen LogP contribution in [0.3, 0.4) is 0 Å². The van der Waals surface area contributed by atoms with E-state index in [2.05, 4.69) is 15.7 Å². The Balaban J connectivity index is 1.42. The third-order valence-corrected chi connectivity index (χ3v) is 4.56. The van der Waals surface area contributed by atoms with Crippen molar-refractivity contribution in [2.24, 2.45) is 0 Å². The lowest BCUT2D eigenvalue weighted by Crippen LogP contribution is -2.18. The van der Waals surface area contributed by atoms with E-state index in [4.69, 9.17) is 16.6 Å². The molecule has 8 heteroatoms. The highest BCUT2D eigenvalue weighted by Gasteiger charge is 2.06. The first-order chi connectivity index (χ1) is 14.0. The summed E-state index contributed by atoms with van der Waals surface area (Å²) in [6, 6.07) is 13.2. The standard InChI is InChI=1S/C21H17FN4O2S/c1-13-8-20(27)28-19-9-16(6-7-18(13)19)24-21(29)25-17-10-23-26(12-17)11-14-2-4-15(22)5-3-14/h2-10,12H,11H2,1H3,(H2,24,25,29). The zero-order chi connectivity index (χ0) is 20.4. The van der Waals surface area contributed by atoms with Gasteiger partial charge in [-0.15, -0.1) is 0 Å². The lowest BCUT2D eigenvalue weighted by atomic mass is 10.1. The van der Waals surface area contributed by atoms with E-state index in [1.54, 1.807) is 35.3 Å². The number of thiocarbonyl (C=S) groups is 1. The minimum absolute atomic E-state index is 0.267. The quantitative estimate of drug-likeness (QED) is 0.388. The predicted molar refractivity (Wildman–Crippen MR) is 115 cm³/mol. The van der Waals surface area contributed by atoms with Crippen LogP contribution in [-0.4, -0.2) is 14.9 Å². The van der Waals surface area contributed by atoms with Crippen LogP contribution >= 0.6 is 12.2 Å². The van der Waals surface area contributed by atoms with E-state index in [1.807, 2.05) is 19.1 Å².